The number of hydrogen-bond acceptors (Lipinski definition) is 4. The first-order valence-electron chi connectivity index (χ1n) is 10.1. The van der Waals surface area contributed by atoms with Crippen LogP contribution in [0.2, 0.25) is 0 Å². The molecule has 0 radical (unpaired) electrons. The number of imidazole rings is 1. The molecule has 1 saturated carbocycles. The number of aromatic nitrogens is 5. The number of benzene rings is 1. The smallest absolute Gasteiger partial charge is 0.158 e. The van der Waals surface area contributed by atoms with Gasteiger partial charge in [0.25, 0.3) is 0 Å². The first-order chi connectivity index (χ1) is 14.8. The summed E-state index contributed by atoms with van der Waals surface area (Å²) in [7, 11) is 0. The molecule has 5 nitrogen and oxygen atoms in total. The zero-order valence-corrected chi connectivity index (χ0v) is 16.2. The van der Waals surface area contributed by atoms with Crippen LogP contribution in [0.1, 0.15) is 31.0 Å². The van der Waals surface area contributed by atoms with Crippen LogP contribution in [0.25, 0.3) is 39.1 Å². The third-order valence-corrected chi connectivity index (χ3v) is 5.93. The van der Waals surface area contributed by atoms with E-state index in [0.29, 0.717) is 34.1 Å². The molecule has 6 rings (SSSR count). The zero-order chi connectivity index (χ0) is 20.1. The van der Waals surface area contributed by atoms with Crippen molar-refractivity contribution >= 4 is 16.4 Å². The molecular formula is C24H18FN5. The molecule has 30 heavy (non-hydrogen) atoms. The van der Waals surface area contributed by atoms with Crippen LogP contribution in [-0.4, -0.2) is 24.3 Å². The second-order valence-corrected chi connectivity index (χ2v) is 7.69. The van der Waals surface area contributed by atoms with Gasteiger partial charge in [0.15, 0.2) is 5.82 Å². The molecule has 4 heterocycles. The maximum absolute atomic E-state index is 15.7. The summed E-state index contributed by atoms with van der Waals surface area (Å²) in [5.41, 5.74) is 3.57. The monoisotopic (exact) mass is 395 g/mol. The molecule has 0 N–H and O–H groups in total. The molecule has 0 atom stereocenters. The normalized spacial score (nSPS) is 14.3. The predicted octanol–water partition coefficient (Wildman–Crippen LogP) is 5.41. The number of hydrogen-bond donors (Lipinski definition) is 0. The maximum Gasteiger partial charge on any atom is 0.158 e. The summed E-state index contributed by atoms with van der Waals surface area (Å²) < 4.78 is 17.8. The molecule has 146 valence electrons. The fourth-order valence-electron chi connectivity index (χ4n) is 4.11. The summed E-state index contributed by atoms with van der Waals surface area (Å²) in [6.45, 7) is 0. The Labute approximate surface area is 172 Å². The number of pyridine rings is 2. The van der Waals surface area contributed by atoms with Gasteiger partial charge in [0.1, 0.15) is 17.0 Å². The van der Waals surface area contributed by atoms with Gasteiger partial charge in [0, 0.05) is 35.5 Å². The minimum Gasteiger partial charge on any atom is -0.300 e. The van der Waals surface area contributed by atoms with Crippen LogP contribution >= 0.6 is 0 Å². The van der Waals surface area contributed by atoms with Gasteiger partial charge in [-0.15, -0.1) is 0 Å². The van der Waals surface area contributed by atoms with Crippen LogP contribution in [0.4, 0.5) is 4.39 Å². The van der Waals surface area contributed by atoms with E-state index in [0.717, 1.165) is 29.6 Å². The molecule has 1 aliphatic carbocycles. The first-order valence-corrected chi connectivity index (χ1v) is 10.1. The van der Waals surface area contributed by atoms with Gasteiger partial charge < -0.3 is 0 Å². The molecule has 0 bridgehead atoms. The second-order valence-electron chi connectivity index (χ2n) is 7.69. The van der Waals surface area contributed by atoms with Crippen molar-refractivity contribution in [2.45, 2.75) is 25.2 Å². The minimum absolute atomic E-state index is 0.325. The summed E-state index contributed by atoms with van der Waals surface area (Å²) in [5.74, 6) is 1.05. The van der Waals surface area contributed by atoms with E-state index in [1.165, 1.54) is 6.42 Å². The van der Waals surface area contributed by atoms with E-state index in [2.05, 4.69) is 15.0 Å². The van der Waals surface area contributed by atoms with Crippen molar-refractivity contribution in [1.29, 1.82) is 0 Å². The highest BCUT2D eigenvalue weighted by Gasteiger charge is 2.27. The molecule has 0 aliphatic heterocycles. The van der Waals surface area contributed by atoms with Crippen LogP contribution in [-0.2, 0) is 0 Å². The van der Waals surface area contributed by atoms with Gasteiger partial charge in [-0.1, -0.05) is 24.6 Å². The highest BCUT2D eigenvalue weighted by molar-refractivity contribution is 5.89. The Balaban J connectivity index is 1.56. The average molecular weight is 395 g/mol. The molecule has 0 unspecified atom stereocenters. The lowest BCUT2D eigenvalue weighted by atomic mass is 9.85. The summed E-state index contributed by atoms with van der Waals surface area (Å²) in [6, 6.07) is 13.1. The summed E-state index contributed by atoms with van der Waals surface area (Å²) >= 11 is 0. The maximum atomic E-state index is 15.7. The number of rotatable bonds is 3. The molecule has 5 aromatic rings. The van der Waals surface area contributed by atoms with Crippen molar-refractivity contribution < 1.29 is 4.39 Å². The fourth-order valence-corrected chi connectivity index (χ4v) is 4.11. The van der Waals surface area contributed by atoms with E-state index in [1.54, 1.807) is 24.7 Å². The Hall–Kier alpha value is -3.67. The van der Waals surface area contributed by atoms with Crippen LogP contribution in [0, 0.1) is 5.82 Å². The summed E-state index contributed by atoms with van der Waals surface area (Å²) in [5, 5.41) is 0.747. The lowest BCUT2D eigenvalue weighted by Gasteiger charge is -2.23. The minimum atomic E-state index is -0.366. The van der Waals surface area contributed by atoms with Gasteiger partial charge in [-0.05, 0) is 37.1 Å². The lowest BCUT2D eigenvalue weighted by Crippen LogP contribution is -2.12. The van der Waals surface area contributed by atoms with Gasteiger partial charge >= 0.3 is 0 Å². The SMILES string of the molecule is Fc1c(-c2nc(C3CCC3)n3ccncc23)ccc2ccc(-c3ccccn3)nc12. The van der Waals surface area contributed by atoms with E-state index in [-0.39, 0.29) is 5.82 Å². The first kappa shape index (κ1) is 17.2. The Morgan fingerprint density at radius 1 is 0.933 bits per heavy atom. The Kier molecular flexibility index (Phi) is 3.84. The molecule has 1 aliphatic rings. The molecule has 0 amide bonds. The van der Waals surface area contributed by atoms with Gasteiger partial charge in [0.2, 0.25) is 0 Å². The van der Waals surface area contributed by atoms with Gasteiger partial charge in [-0.25, -0.2) is 14.4 Å². The van der Waals surface area contributed by atoms with Crippen molar-refractivity contribution in [3.8, 4) is 22.6 Å². The second kappa shape index (κ2) is 6.69. The Bertz CT molecular complexity index is 1390. The largest absolute Gasteiger partial charge is 0.300 e. The molecule has 1 fully saturated rings. The quantitative estimate of drug-likeness (QED) is 0.410. The molecule has 0 saturated heterocycles. The van der Waals surface area contributed by atoms with Gasteiger partial charge in [-0.3, -0.25) is 14.4 Å². The number of halogens is 1. The molecule has 4 aromatic heterocycles. The Morgan fingerprint density at radius 2 is 1.83 bits per heavy atom. The van der Waals surface area contributed by atoms with Crippen LogP contribution in [0.3, 0.4) is 0 Å². The standard InChI is InChI=1S/C24H18FN5/c25-21-17(23-20-14-26-12-13-30(20)24(29-23)16-4-3-5-16)9-7-15-8-10-19(28-22(15)21)18-6-1-2-11-27-18/h1-2,6-14,16H,3-5H2. The van der Waals surface area contributed by atoms with E-state index < -0.39 is 0 Å². The zero-order valence-electron chi connectivity index (χ0n) is 16.2. The summed E-state index contributed by atoms with van der Waals surface area (Å²) in [6.07, 6.45) is 10.6. The van der Waals surface area contributed by atoms with E-state index in [9.17, 15) is 0 Å². The van der Waals surface area contributed by atoms with Gasteiger partial charge in [0.05, 0.1) is 23.1 Å². The van der Waals surface area contributed by atoms with Crippen molar-refractivity contribution in [1.82, 2.24) is 24.3 Å². The van der Waals surface area contributed by atoms with Crippen molar-refractivity contribution in [2.24, 2.45) is 0 Å². The average Bonchev–Trinajstić information content (AvgIpc) is 3.12. The van der Waals surface area contributed by atoms with Crippen molar-refractivity contribution in [3.63, 3.8) is 0 Å². The van der Waals surface area contributed by atoms with E-state index >= 15 is 4.39 Å². The van der Waals surface area contributed by atoms with E-state index in [4.69, 9.17) is 4.98 Å². The Morgan fingerprint density at radius 3 is 2.63 bits per heavy atom. The van der Waals surface area contributed by atoms with Crippen molar-refractivity contribution in [2.75, 3.05) is 0 Å². The predicted molar refractivity (Wildman–Crippen MR) is 114 cm³/mol. The topological polar surface area (TPSA) is 56.0 Å². The number of nitrogens with zero attached hydrogens (tertiary/aromatic N) is 5. The lowest BCUT2D eigenvalue weighted by molar-refractivity contribution is 0.400. The molecule has 1 aromatic carbocycles. The highest BCUT2D eigenvalue weighted by atomic mass is 19.1. The summed E-state index contributed by atoms with van der Waals surface area (Å²) in [4.78, 5) is 18.1. The fraction of sp³-hybridized carbons (Fsp3) is 0.167. The van der Waals surface area contributed by atoms with Crippen molar-refractivity contribution in [3.05, 3.63) is 78.9 Å². The number of fused-ring (bicyclic) bond motifs is 2. The molecule has 0 spiro atoms. The molecular weight excluding hydrogens is 377 g/mol. The highest BCUT2D eigenvalue weighted by Crippen LogP contribution is 2.39. The van der Waals surface area contributed by atoms with Gasteiger partial charge in [-0.2, -0.15) is 0 Å². The van der Waals surface area contributed by atoms with Crippen LogP contribution < -0.4 is 0 Å². The molecule has 6 heteroatoms. The van der Waals surface area contributed by atoms with Crippen LogP contribution in [0.5, 0.6) is 0 Å². The van der Waals surface area contributed by atoms with E-state index in [1.807, 2.05) is 47.0 Å². The van der Waals surface area contributed by atoms with Crippen LogP contribution in [0.15, 0.2) is 67.3 Å². The third-order valence-electron chi connectivity index (χ3n) is 5.93. The third kappa shape index (κ3) is 2.60.